The molecular weight excluding hydrogens is 433 g/mol. The average molecular weight is 449 g/mol. The molecule has 3 heterocycles. The molecule has 5 aromatic rings. The third kappa shape index (κ3) is 3.30. The lowest BCUT2D eigenvalue weighted by Crippen LogP contribution is -2.14. The van der Waals surface area contributed by atoms with Gasteiger partial charge in [-0.25, -0.2) is 13.9 Å². The molecule has 0 unspecified atom stereocenters. The molecule has 2 aromatic carbocycles. The van der Waals surface area contributed by atoms with Crippen LogP contribution in [-0.4, -0.2) is 32.8 Å². The Morgan fingerprint density at radius 3 is 2.81 bits per heavy atom. The van der Waals surface area contributed by atoms with Crippen molar-refractivity contribution in [3.05, 3.63) is 81.3 Å². The number of anilines is 1. The van der Waals surface area contributed by atoms with Crippen LogP contribution in [0.25, 0.3) is 26.8 Å². The van der Waals surface area contributed by atoms with Crippen LogP contribution in [0, 0.1) is 5.82 Å². The van der Waals surface area contributed by atoms with Gasteiger partial charge in [0.1, 0.15) is 16.1 Å². The zero-order chi connectivity index (χ0) is 22.2. The van der Waals surface area contributed by atoms with Crippen LogP contribution in [-0.2, 0) is 11.3 Å². The highest BCUT2D eigenvalue weighted by Gasteiger charge is 2.21. The average Bonchev–Trinajstić information content (AvgIpc) is 3.40. The molecular formula is C22H16FN5O3S. The highest BCUT2D eigenvalue weighted by molar-refractivity contribution is 7.21. The zero-order valence-electron chi connectivity index (χ0n) is 16.8. The lowest BCUT2D eigenvalue weighted by molar-refractivity contribution is 0.0605. The summed E-state index contributed by atoms with van der Waals surface area (Å²) in [5, 5.41) is 7.96. The summed E-state index contributed by atoms with van der Waals surface area (Å²) in [6, 6.07) is 14.0. The van der Waals surface area contributed by atoms with Gasteiger partial charge >= 0.3 is 5.97 Å². The molecule has 2 N–H and O–H groups in total. The summed E-state index contributed by atoms with van der Waals surface area (Å²) in [7, 11) is 1.28. The van der Waals surface area contributed by atoms with E-state index >= 15 is 0 Å². The number of nitrogens with zero attached hydrogens (tertiary/aromatic N) is 3. The molecule has 0 saturated carbocycles. The van der Waals surface area contributed by atoms with Crippen molar-refractivity contribution in [3.63, 3.8) is 0 Å². The van der Waals surface area contributed by atoms with E-state index in [4.69, 9.17) is 4.74 Å². The molecule has 5 rings (SSSR count). The number of aromatic nitrogens is 4. The molecule has 10 heteroatoms. The van der Waals surface area contributed by atoms with E-state index in [1.807, 2.05) is 30.3 Å². The monoisotopic (exact) mass is 449 g/mol. The molecule has 0 radical (unpaired) electrons. The normalized spacial score (nSPS) is 11.2. The minimum Gasteiger partial charge on any atom is -0.465 e. The fraction of sp³-hybridized carbons (Fsp3) is 0.0909. The minimum atomic E-state index is -0.554. The SMILES string of the molecule is COC(=O)c1sc2cccc(F)c2c1CNc1nc2c(cnn2-c2ccccc2)c(=O)[nH]1. The topological polar surface area (TPSA) is 102 Å². The molecule has 0 atom stereocenters. The van der Waals surface area contributed by atoms with Gasteiger partial charge in [-0.05, 0) is 24.3 Å². The second kappa shape index (κ2) is 7.89. The first-order valence-electron chi connectivity index (χ1n) is 9.62. The van der Waals surface area contributed by atoms with Crippen molar-refractivity contribution in [1.82, 2.24) is 19.7 Å². The van der Waals surface area contributed by atoms with Gasteiger partial charge in [0.2, 0.25) is 5.95 Å². The molecule has 0 amide bonds. The van der Waals surface area contributed by atoms with Gasteiger partial charge < -0.3 is 10.1 Å². The third-order valence-corrected chi connectivity index (χ3v) is 6.18. The summed E-state index contributed by atoms with van der Waals surface area (Å²) in [6.45, 7) is 0.0548. The number of hydrogen-bond donors (Lipinski definition) is 2. The van der Waals surface area contributed by atoms with Crippen molar-refractivity contribution < 1.29 is 13.9 Å². The number of H-pyrrole nitrogens is 1. The summed E-state index contributed by atoms with van der Waals surface area (Å²) in [6.07, 6.45) is 1.45. The van der Waals surface area contributed by atoms with Gasteiger partial charge in [0.15, 0.2) is 5.65 Å². The number of thiophene rings is 1. The van der Waals surface area contributed by atoms with Crippen molar-refractivity contribution in [2.45, 2.75) is 6.54 Å². The number of rotatable bonds is 5. The molecule has 0 aliphatic carbocycles. The predicted molar refractivity (Wildman–Crippen MR) is 120 cm³/mol. The molecule has 160 valence electrons. The summed E-state index contributed by atoms with van der Waals surface area (Å²) >= 11 is 1.15. The summed E-state index contributed by atoms with van der Waals surface area (Å²) < 4.78 is 21.6. The first-order valence-corrected chi connectivity index (χ1v) is 10.4. The number of carbonyl (C=O) groups excluding carboxylic acids is 1. The quantitative estimate of drug-likeness (QED) is 0.395. The maximum atomic E-state index is 14.6. The van der Waals surface area contributed by atoms with Gasteiger partial charge in [0, 0.05) is 22.2 Å². The number of benzene rings is 2. The number of ether oxygens (including phenoxy) is 1. The first kappa shape index (κ1) is 19.9. The van der Waals surface area contributed by atoms with E-state index in [0.717, 1.165) is 17.0 Å². The van der Waals surface area contributed by atoms with Crippen LogP contribution in [0.1, 0.15) is 15.2 Å². The number of halogens is 1. The predicted octanol–water partition coefficient (Wildman–Crippen LogP) is 3.86. The molecule has 0 saturated heterocycles. The van der Waals surface area contributed by atoms with E-state index in [1.54, 1.807) is 16.8 Å². The van der Waals surface area contributed by atoms with E-state index in [9.17, 15) is 14.0 Å². The third-order valence-electron chi connectivity index (χ3n) is 5.01. The number of aromatic amines is 1. The van der Waals surface area contributed by atoms with Crippen LogP contribution in [0.3, 0.4) is 0 Å². The highest BCUT2D eigenvalue weighted by Crippen LogP contribution is 2.34. The van der Waals surface area contributed by atoms with Gasteiger partial charge in [-0.1, -0.05) is 24.3 Å². The van der Waals surface area contributed by atoms with Gasteiger partial charge in [0.05, 0.1) is 19.0 Å². The Kier molecular flexibility index (Phi) is 4.91. The molecule has 0 bridgehead atoms. The van der Waals surface area contributed by atoms with Crippen molar-refractivity contribution in [1.29, 1.82) is 0 Å². The second-order valence-electron chi connectivity index (χ2n) is 6.91. The second-order valence-corrected chi connectivity index (χ2v) is 7.96. The number of fused-ring (bicyclic) bond motifs is 2. The van der Waals surface area contributed by atoms with E-state index < -0.39 is 11.8 Å². The standard InChI is InChI=1S/C22H16FN5O3S/c1-31-21(30)18-13(17-15(23)8-5-9-16(17)32-18)10-24-22-26-19-14(20(29)27-22)11-25-28(19)12-6-3-2-4-7-12/h2-9,11H,10H2,1H3,(H2,24,26,27,29). The van der Waals surface area contributed by atoms with E-state index in [0.29, 0.717) is 26.7 Å². The van der Waals surface area contributed by atoms with Crippen molar-refractivity contribution >= 4 is 44.4 Å². The van der Waals surface area contributed by atoms with Crippen molar-refractivity contribution in [2.24, 2.45) is 0 Å². The smallest absolute Gasteiger partial charge is 0.348 e. The largest absolute Gasteiger partial charge is 0.465 e. The fourth-order valence-electron chi connectivity index (χ4n) is 3.53. The number of nitrogens with one attached hydrogen (secondary N) is 2. The van der Waals surface area contributed by atoms with Crippen molar-refractivity contribution in [3.8, 4) is 5.69 Å². The number of para-hydroxylation sites is 1. The fourth-order valence-corrected chi connectivity index (χ4v) is 4.68. The summed E-state index contributed by atoms with van der Waals surface area (Å²) in [5.74, 6) is -0.821. The molecule has 8 nitrogen and oxygen atoms in total. The Morgan fingerprint density at radius 2 is 2.03 bits per heavy atom. The van der Waals surface area contributed by atoms with Gasteiger partial charge in [-0.3, -0.25) is 9.78 Å². The van der Waals surface area contributed by atoms with Gasteiger partial charge in [-0.15, -0.1) is 11.3 Å². The molecule has 32 heavy (non-hydrogen) atoms. The summed E-state index contributed by atoms with van der Waals surface area (Å²) in [4.78, 5) is 32.3. The Balaban J connectivity index is 1.56. The molecule has 0 aliphatic heterocycles. The van der Waals surface area contributed by atoms with Crippen LogP contribution >= 0.6 is 11.3 Å². The van der Waals surface area contributed by atoms with Gasteiger partial charge in [-0.2, -0.15) is 10.1 Å². The summed E-state index contributed by atoms with van der Waals surface area (Å²) in [5.41, 5.74) is 1.20. The number of hydrogen-bond acceptors (Lipinski definition) is 7. The molecule has 3 aromatic heterocycles. The zero-order valence-corrected chi connectivity index (χ0v) is 17.6. The Bertz CT molecular complexity index is 1520. The first-order chi connectivity index (χ1) is 15.6. The number of methoxy groups -OCH3 is 1. The van der Waals surface area contributed by atoms with E-state index in [1.165, 1.54) is 19.4 Å². The number of esters is 1. The molecule has 0 aliphatic rings. The lowest BCUT2D eigenvalue weighted by Gasteiger charge is -2.08. The highest BCUT2D eigenvalue weighted by atomic mass is 32.1. The van der Waals surface area contributed by atoms with Gasteiger partial charge in [0.25, 0.3) is 5.56 Å². The van der Waals surface area contributed by atoms with Crippen LogP contribution in [0.2, 0.25) is 0 Å². The Morgan fingerprint density at radius 1 is 1.22 bits per heavy atom. The van der Waals surface area contributed by atoms with E-state index in [2.05, 4.69) is 20.4 Å². The van der Waals surface area contributed by atoms with E-state index in [-0.39, 0.29) is 22.9 Å². The molecule has 0 fully saturated rings. The van der Waals surface area contributed by atoms with Crippen LogP contribution in [0.15, 0.2) is 59.5 Å². The van der Waals surface area contributed by atoms with Crippen LogP contribution < -0.4 is 10.9 Å². The number of carbonyl (C=O) groups is 1. The Labute approximate surface area is 184 Å². The Hall–Kier alpha value is -4.05. The van der Waals surface area contributed by atoms with Crippen LogP contribution in [0.5, 0.6) is 0 Å². The van der Waals surface area contributed by atoms with Crippen LogP contribution in [0.4, 0.5) is 10.3 Å². The minimum absolute atomic E-state index is 0.0548. The lowest BCUT2D eigenvalue weighted by atomic mass is 10.1. The maximum Gasteiger partial charge on any atom is 0.348 e. The molecule has 0 spiro atoms. The maximum absolute atomic E-state index is 14.6. The van der Waals surface area contributed by atoms with Crippen molar-refractivity contribution in [2.75, 3.05) is 12.4 Å².